The maximum atomic E-state index is 11.1. The molecule has 0 saturated carbocycles. The third-order valence-electron chi connectivity index (χ3n) is 2.65. The highest BCUT2D eigenvalue weighted by atomic mass is 16.1. The first-order valence-corrected chi connectivity index (χ1v) is 5.84. The predicted molar refractivity (Wildman–Crippen MR) is 72.6 cm³/mol. The van der Waals surface area contributed by atoms with Gasteiger partial charge in [0.25, 0.3) is 0 Å². The Labute approximate surface area is 110 Å². The molecular weight excluding hydrogens is 244 g/mol. The summed E-state index contributed by atoms with van der Waals surface area (Å²) >= 11 is 0. The Morgan fingerprint density at radius 3 is 2.89 bits per heavy atom. The normalized spacial score (nSPS) is 10.4. The molecule has 0 bridgehead atoms. The smallest absolute Gasteiger partial charge is 0.248 e. The quantitative estimate of drug-likeness (QED) is 0.662. The molecule has 0 aliphatic carbocycles. The summed E-state index contributed by atoms with van der Waals surface area (Å²) in [5, 5.41) is 7.31. The van der Waals surface area contributed by atoms with E-state index < -0.39 is 5.91 Å². The number of nitrogen functional groups attached to an aromatic ring is 1. The lowest BCUT2D eigenvalue weighted by Gasteiger charge is -2.09. The average molecular weight is 260 g/mol. The molecule has 0 unspecified atom stereocenters. The monoisotopic (exact) mass is 260 g/mol. The van der Waals surface area contributed by atoms with Crippen LogP contribution >= 0.6 is 0 Å². The molecule has 1 aromatic heterocycles. The number of carbonyl (C=O) groups is 1. The lowest BCUT2D eigenvalue weighted by Crippen LogP contribution is -2.13. The lowest BCUT2D eigenvalue weighted by atomic mass is 10.1. The minimum atomic E-state index is -0.477. The third-order valence-corrected chi connectivity index (χ3v) is 2.65. The van der Waals surface area contributed by atoms with Gasteiger partial charge >= 0.3 is 0 Å². The summed E-state index contributed by atoms with van der Waals surface area (Å²) in [7, 11) is 1.82. The van der Waals surface area contributed by atoms with Gasteiger partial charge < -0.3 is 16.8 Å². The molecule has 0 radical (unpaired) electrons. The number of nitrogens with zero attached hydrogens (tertiary/aromatic N) is 3. The van der Waals surface area contributed by atoms with Crippen molar-refractivity contribution in [2.24, 2.45) is 12.8 Å². The molecule has 1 aromatic carbocycles. The van der Waals surface area contributed by atoms with Gasteiger partial charge in [0.05, 0.1) is 11.4 Å². The first kappa shape index (κ1) is 12.9. The molecular formula is C12H16N6O. The van der Waals surface area contributed by atoms with Crippen LogP contribution in [0.5, 0.6) is 0 Å². The van der Waals surface area contributed by atoms with Gasteiger partial charge in [-0.2, -0.15) is 5.10 Å². The topological polar surface area (TPSA) is 112 Å². The maximum absolute atomic E-state index is 11.1. The van der Waals surface area contributed by atoms with E-state index in [1.54, 1.807) is 29.2 Å². The Morgan fingerprint density at radius 2 is 2.26 bits per heavy atom. The second-order valence-electron chi connectivity index (χ2n) is 4.18. The second-order valence-corrected chi connectivity index (χ2v) is 4.18. The highest BCUT2D eigenvalue weighted by Gasteiger charge is 2.05. The van der Waals surface area contributed by atoms with Crippen molar-refractivity contribution in [3.05, 3.63) is 35.9 Å². The van der Waals surface area contributed by atoms with Crippen LogP contribution in [0.15, 0.2) is 24.5 Å². The van der Waals surface area contributed by atoms with Gasteiger partial charge in [-0.15, -0.1) is 0 Å². The van der Waals surface area contributed by atoms with E-state index in [1.807, 2.05) is 7.05 Å². The molecule has 1 heterocycles. The third kappa shape index (κ3) is 3.21. The average Bonchev–Trinajstić information content (AvgIpc) is 2.77. The molecule has 2 rings (SSSR count). The number of amides is 1. The summed E-state index contributed by atoms with van der Waals surface area (Å²) < 4.78 is 1.65. The molecule has 0 saturated heterocycles. The van der Waals surface area contributed by atoms with Crippen molar-refractivity contribution in [3.8, 4) is 0 Å². The van der Waals surface area contributed by atoms with Gasteiger partial charge in [-0.1, -0.05) is 0 Å². The fourth-order valence-electron chi connectivity index (χ4n) is 1.67. The van der Waals surface area contributed by atoms with Crippen LogP contribution in [0.3, 0.4) is 0 Å². The Morgan fingerprint density at radius 1 is 1.47 bits per heavy atom. The summed E-state index contributed by atoms with van der Waals surface area (Å²) in [4.78, 5) is 15.2. The Balaban J connectivity index is 1.99. The fraction of sp³-hybridized carbons (Fsp3) is 0.250. The van der Waals surface area contributed by atoms with Crippen LogP contribution in [0, 0.1) is 0 Å². The largest absolute Gasteiger partial charge is 0.397 e. The van der Waals surface area contributed by atoms with Crippen molar-refractivity contribution in [2.75, 3.05) is 17.6 Å². The van der Waals surface area contributed by atoms with Gasteiger partial charge in [-0.3, -0.25) is 9.48 Å². The molecule has 0 fully saturated rings. The van der Waals surface area contributed by atoms with Gasteiger partial charge in [0.1, 0.15) is 6.33 Å². The Kier molecular flexibility index (Phi) is 3.65. The number of hydrogen-bond donors (Lipinski definition) is 3. The zero-order chi connectivity index (χ0) is 13.8. The fourth-order valence-corrected chi connectivity index (χ4v) is 1.67. The number of benzene rings is 1. The number of hydrogen-bond acceptors (Lipinski definition) is 5. The highest BCUT2D eigenvalue weighted by Crippen LogP contribution is 2.19. The molecule has 1 amide bonds. The van der Waals surface area contributed by atoms with E-state index in [-0.39, 0.29) is 0 Å². The van der Waals surface area contributed by atoms with Crippen molar-refractivity contribution >= 4 is 17.3 Å². The molecule has 100 valence electrons. The molecule has 7 nitrogen and oxygen atoms in total. The maximum Gasteiger partial charge on any atom is 0.248 e. The molecule has 7 heteroatoms. The molecule has 5 N–H and O–H groups in total. The van der Waals surface area contributed by atoms with E-state index >= 15 is 0 Å². The number of anilines is 2. The van der Waals surface area contributed by atoms with Crippen LogP contribution in [0.4, 0.5) is 11.4 Å². The minimum Gasteiger partial charge on any atom is -0.397 e. The number of primary amides is 1. The van der Waals surface area contributed by atoms with Gasteiger partial charge in [0, 0.05) is 25.6 Å². The van der Waals surface area contributed by atoms with Crippen LogP contribution in [0.25, 0.3) is 0 Å². The van der Waals surface area contributed by atoms with Crippen LogP contribution in [0.2, 0.25) is 0 Å². The van der Waals surface area contributed by atoms with Crippen LogP contribution in [-0.2, 0) is 13.5 Å². The standard InChI is InChI=1S/C12H16N6O/c1-18-7-16-11(17-18)4-5-15-10-6-8(12(14)19)2-3-9(10)13/h2-3,6-7,15H,4-5,13H2,1H3,(H2,14,19). The predicted octanol–water partition coefficient (Wildman–Crippen LogP) is 0.151. The highest BCUT2D eigenvalue weighted by molar-refractivity contribution is 5.94. The summed E-state index contributed by atoms with van der Waals surface area (Å²) in [6.45, 7) is 0.621. The van der Waals surface area contributed by atoms with Crippen LogP contribution < -0.4 is 16.8 Å². The zero-order valence-corrected chi connectivity index (χ0v) is 10.6. The molecule has 0 atom stereocenters. The van der Waals surface area contributed by atoms with Crippen molar-refractivity contribution < 1.29 is 4.79 Å². The van der Waals surface area contributed by atoms with Gasteiger partial charge in [-0.05, 0) is 18.2 Å². The first-order chi connectivity index (χ1) is 9.06. The van der Waals surface area contributed by atoms with E-state index in [2.05, 4.69) is 15.4 Å². The van der Waals surface area contributed by atoms with E-state index in [4.69, 9.17) is 11.5 Å². The number of nitrogens with two attached hydrogens (primary N) is 2. The van der Waals surface area contributed by atoms with Crippen LogP contribution in [-0.4, -0.2) is 27.2 Å². The number of rotatable bonds is 5. The first-order valence-electron chi connectivity index (χ1n) is 5.84. The zero-order valence-electron chi connectivity index (χ0n) is 10.6. The number of aromatic nitrogens is 3. The van der Waals surface area contributed by atoms with E-state index in [1.165, 1.54) is 0 Å². The summed E-state index contributed by atoms with van der Waals surface area (Å²) in [6, 6.07) is 4.90. The van der Waals surface area contributed by atoms with Crippen molar-refractivity contribution in [2.45, 2.75) is 6.42 Å². The number of aryl methyl sites for hydroxylation is 1. The second kappa shape index (κ2) is 5.38. The number of carbonyl (C=O) groups excluding carboxylic acids is 1. The van der Waals surface area contributed by atoms with Crippen LogP contribution in [0.1, 0.15) is 16.2 Å². The lowest BCUT2D eigenvalue weighted by molar-refractivity contribution is 0.100. The van der Waals surface area contributed by atoms with E-state index in [0.717, 1.165) is 5.82 Å². The number of nitrogens with one attached hydrogen (secondary N) is 1. The van der Waals surface area contributed by atoms with Crippen molar-refractivity contribution in [1.29, 1.82) is 0 Å². The van der Waals surface area contributed by atoms with Gasteiger partial charge in [0.15, 0.2) is 5.82 Å². The van der Waals surface area contributed by atoms with Gasteiger partial charge in [-0.25, -0.2) is 4.98 Å². The Bertz CT molecular complexity index is 592. The van der Waals surface area contributed by atoms with E-state index in [9.17, 15) is 4.79 Å². The summed E-state index contributed by atoms with van der Waals surface area (Å²) in [6.07, 6.45) is 2.32. The molecule has 0 spiro atoms. The molecule has 2 aromatic rings. The minimum absolute atomic E-state index is 0.424. The van der Waals surface area contributed by atoms with Gasteiger partial charge in [0.2, 0.25) is 5.91 Å². The van der Waals surface area contributed by atoms with E-state index in [0.29, 0.717) is 29.9 Å². The SMILES string of the molecule is Cn1cnc(CCNc2cc(C(N)=O)ccc2N)n1. The summed E-state index contributed by atoms with van der Waals surface area (Å²) in [5.41, 5.74) is 12.7. The molecule has 0 aliphatic heterocycles. The molecule has 19 heavy (non-hydrogen) atoms. The van der Waals surface area contributed by atoms with Crippen molar-refractivity contribution in [1.82, 2.24) is 14.8 Å². The molecule has 0 aliphatic rings. The van der Waals surface area contributed by atoms with Crippen molar-refractivity contribution in [3.63, 3.8) is 0 Å². The summed E-state index contributed by atoms with van der Waals surface area (Å²) in [5.74, 6) is 0.272. The Hall–Kier alpha value is -2.57.